The first-order valence-electron chi connectivity index (χ1n) is 10.3. The second-order valence-electron chi connectivity index (χ2n) is 8.09. The van der Waals surface area contributed by atoms with E-state index in [0.717, 1.165) is 62.7 Å². The molecule has 1 atom stereocenters. The lowest BCUT2D eigenvalue weighted by Crippen LogP contribution is -2.41. The van der Waals surface area contributed by atoms with Gasteiger partial charge >= 0.3 is 0 Å². The number of aliphatic hydroxyl groups is 1. The van der Waals surface area contributed by atoms with Gasteiger partial charge in [0.1, 0.15) is 23.7 Å². The summed E-state index contributed by atoms with van der Waals surface area (Å²) in [6.07, 6.45) is 7.37. The van der Waals surface area contributed by atoms with E-state index in [9.17, 15) is 5.11 Å². The maximum absolute atomic E-state index is 9.49. The normalized spacial score (nSPS) is 21.1. The van der Waals surface area contributed by atoms with Crippen LogP contribution in [0.4, 0.5) is 11.6 Å². The Balaban J connectivity index is 1.47. The van der Waals surface area contributed by atoms with Crippen molar-refractivity contribution in [3.05, 3.63) is 42.2 Å². The number of methoxy groups -OCH3 is 1. The molecule has 1 aromatic heterocycles. The highest BCUT2D eigenvalue weighted by Crippen LogP contribution is 2.47. The van der Waals surface area contributed by atoms with Crippen LogP contribution in [0.15, 0.2) is 36.7 Å². The van der Waals surface area contributed by atoms with E-state index in [0.29, 0.717) is 5.92 Å². The number of aromatic nitrogens is 2. The van der Waals surface area contributed by atoms with E-state index in [1.54, 1.807) is 13.4 Å². The quantitative estimate of drug-likeness (QED) is 0.766. The van der Waals surface area contributed by atoms with Crippen molar-refractivity contribution >= 4 is 11.6 Å². The van der Waals surface area contributed by atoms with E-state index in [1.807, 2.05) is 18.2 Å². The number of piperidine rings is 1. The van der Waals surface area contributed by atoms with Crippen molar-refractivity contribution < 1.29 is 9.84 Å². The number of ether oxygens (including phenoxy) is 1. The third-order valence-electron chi connectivity index (χ3n) is 6.35. The summed E-state index contributed by atoms with van der Waals surface area (Å²) < 4.78 is 5.62. The number of aliphatic hydroxyl groups excluding tert-OH is 1. The van der Waals surface area contributed by atoms with Crippen LogP contribution in [0.2, 0.25) is 0 Å². The number of hydrogen-bond donors (Lipinski definition) is 2. The zero-order chi connectivity index (χ0) is 19.4. The van der Waals surface area contributed by atoms with Crippen LogP contribution in [0, 0.1) is 5.92 Å². The molecule has 6 nitrogen and oxygen atoms in total. The minimum absolute atomic E-state index is 0.102. The van der Waals surface area contributed by atoms with Crippen LogP contribution in [0.3, 0.4) is 0 Å². The number of nitrogens with one attached hydrogen (secondary N) is 1. The van der Waals surface area contributed by atoms with Crippen LogP contribution in [0.1, 0.15) is 37.7 Å². The third kappa shape index (κ3) is 3.78. The number of benzene rings is 1. The average Bonchev–Trinajstić information content (AvgIpc) is 2.73. The second-order valence-corrected chi connectivity index (χ2v) is 8.09. The highest BCUT2D eigenvalue weighted by atomic mass is 16.5. The fourth-order valence-electron chi connectivity index (χ4n) is 4.53. The van der Waals surface area contributed by atoms with Crippen molar-refractivity contribution in [2.24, 2.45) is 5.92 Å². The Morgan fingerprint density at radius 2 is 2.11 bits per heavy atom. The average molecular weight is 383 g/mol. The van der Waals surface area contributed by atoms with Gasteiger partial charge in [-0.1, -0.05) is 24.6 Å². The Hall–Kier alpha value is -2.34. The molecule has 0 radical (unpaired) electrons. The molecule has 1 unspecified atom stereocenters. The van der Waals surface area contributed by atoms with Gasteiger partial charge in [0.2, 0.25) is 0 Å². The fourth-order valence-corrected chi connectivity index (χ4v) is 4.53. The van der Waals surface area contributed by atoms with Gasteiger partial charge < -0.3 is 20.1 Å². The van der Waals surface area contributed by atoms with E-state index in [1.165, 1.54) is 12.0 Å². The SMILES string of the molecule is COc1ccccc1C1(CNc2cc(N3CCCC(CO)C3)ncn2)CCC1. The van der Waals surface area contributed by atoms with Gasteiger partial charge in [-0.15, -0.1) is 0 Å². The Bertz CT molecular complexity index is 794. The van der Waals surface area contributed by atoms with Gasteiger partial charge in [-0.2, -0.15) is 0 Å². The van der Waals surface area contributed by atoms with Crippen molar-refractivity contribution in [2.75, 3.05) is 43.6 Å². The number of rotatable bonds is 7. The molecular formula is C22H30N4O2. The predicted octanol–water partition coefficient (Wildman–Crippen LogP) is 3.23. The van der Waals surface area contributed by atoms with E-state index in [-0.39, 0.29) is 12.0 Å². The molecule has 28 heavy (non-hydrogen) atoms. The van der Waals surface area contributed by atoms with Gasteiger partial charge in [-0.05, 0) is 37.7 Å². The number of hydrogen-bond acceptors (Lipinski definition) is 6. The third-order valence-corrected chi connectivity index (χ3v) is 6.35. The van der Waals surface area contributed by atoms with E-state index in [2.05, 4.69) is 32.3 Å². The summed E-state index contributed by atoms with van der Waals surface area (Å²) in [6.45, 7) is 2.92. The van der Waals surface area contributed by atoms with Gasteiger partial charge in [-0.25, -0.2) is 9.97 Å². The van der Waals surface area contributed by atoms with Crippen LogP contribution in [-0.4, -0.2) is 48.4 Å². The van der Waals surface area contributed by atoms with Crippen molar-refractivity contribution in [3.63, 3.8) is 0 Å². The van der Waals surface area contributed by atoms with Gasteiger partial charge in [0, 0.05) is 43.3 Å². The molecule has 1 aromatic carbocycles. The number of nitrogens with zero attached hydrogens (tertiary/aromatic N) is 3. The predicted molar refractivity (Wildman–Crippen MR) is 111 cm³/mol. The molecular weight excluding hydrogens is 352 g/mol. The number of anilines is 2. The molecule has 0 spiro atoms. The Morgan fingerprint density at radius 1 is 1.25 bits per heavy atom. The molecule has 1 aliphatic carbocycles. The summed E-state index contributed by atoms with van der Waals surface area (Å²) in [6, 6.07) is 10.4. The van der Waals surface area contributed by atoms with Crippen LogP contribution < -0.4 is 15.0 Å². The van der Waals surface area contributed by atoms with Crippen molar-refractivity contribution in [1.82, 2.24) is 9.97 Å². The largest absolute Gasteiger partial charge is 0.496 e. The van der Waals surface area contributed by atoms with Gasteiger partial charge in [0.25, 0.3) is 0 Å². The maximum atomic E-state index is 9.49. The first-order chi connectivity index (χ1) is 13.7. The smallest absolute Gasteiger partial charge is 0.134 e. The lowest BCUT2D eigenvalue weighted by molar-refractivity contribution is 0.208. The number of para-hydroxylation sites is 1. The zero-order valence-electron chi connectivity index (χ0n) is 16.6. The summed E-state index contributed by atoms with van der Waals surface area (Å²) in [5.41, 5.74) is 1.39. The minimum atomic E-state index is 0.102. The lowest BCUT2D eigenvalue weighted by Gasteiger charge is -2.43. The van der Waals surface area contributed by atoms with E-state index >= 15 is 0 Å². The summed E-state index contributed by atoms with van der Waals surface area (Å²) >= 11 is 0. The van der Waals surface area contributed by atoms with E-state index < -0.39 is 0 Å². The van der Waals surface area contributed by atoms with Crippen molar-refractivity contribution in [2.45, 2.75) is 37.5 Å². The van der Waals surface area contributed by atoms with Crippen LogP contribution in [0.25, 0.3) is 0 Å². The molecule has 2 heterocycles. The summed E-state index contributed by atoms with van der Waals surface area (Å²) in [7, 11) is 1.74. The first kappa shape index (κ1) is 19.0. The summed E-state index contributed by atoms with van der Waals surface area (Å²) in [5, 5.41) is 13.0. The van der Waals surface area contributed by atoms with Gasteiger partial charge in [0.05, 0.1) is 7.11 Å². The molecule has 2 aliphatic rings. The first-order valence-corrected chi connectivity index (χ1v) is 10.3. The molecule has 1 aliphatic heterocycles. The van der Waals surface area contributed by atoms with Crippen LogP contribution in [-0.2, 0) is 5.41 Å². The highest BCUT2D eigenvalue weighted by molar-refractivity contribution is 5.50. The van der Waals surface area contributed by atoms with Crippen LogP contribution in [0.5, 0.6) is 5.75 Å². The zero-order valence-corrected chi connectivity index (χ0v) is 16.6. The topological polar surface area (TPSA) is 70.5 Å². The van der Waals surface area contributed by atoms with Crippen LogP contribution >= 0.6 is 0 Å². The second kappa shape index (κ2) is 8.35. The van der Waals surface area contributed by atoms with Crippen molar-refractivity contribution in [3.8, 4) is 5.75 Å². The molecule has 1 saturated heterocycles. The highest BCUT2D eigenvalue weighted by Gasteiger charge is 2.40. The molecule has 2 fully saturated rings. The minimum Gasteiger partial charge on any atom is -0.496 e. The molecule has 1 saturated carbocycles. The molecule has 150 valence electrons. The van der Waals surface area contributed by atoms with Gasteiger partial charge in [0.15, 0.2) is 0 Å². The Labute approximate surface area is 167 Å². The lowest BCUT2D eigenvalue weighted by atomic mass is 9.64. The Kier molecular flexibility index (Phi) is 5.67. The van der Waals surface area contributed by atoms with Gasteiger partial charge in [-0.3, -0.25) is 0 Å². The molecule has 4 rings (SSSR count). The standard InChI is InChI=1S/C22H30N4O2/c1-28-19-8-3-2-7-18(19)22(9-5-10-22)15-23-20-12-21(25-16-24-20)26-11-4-6-17(13-26)14-27/h2-3,7-8,12,16-17,27H,4-6,9-11,13-15H2,1H3,(H,23,24,25). The van der Waals surface area contributed by atoms with Crippen molar-refractivity contribution in [1.29, 1.82) is 0 Å². The molecule has 2 aromatic rings. The molecule has 0 amide bonds. The summed E-state index contributed by atoms with van der Waals surface area (Å²) in [4.78, 5) is 11.2. The maximum Gasteiger partial charge on any atom is 0.134 e. The Morgan fingerprint density at radius 3 is 2.86 bits per heavy atom. The molecule has 0 bridgehead atoms. The summed E-state index contributed by atoms with van der Waals surface area (Å²) in [5.74, 6) is 3.10. The fraction of sp³-hybridized carbons (Fsp3) is 0.545. The van der Waals surface area contributed by atoms with E-state index in [4.69, 9.17) is 4.74 Å². The molecule has 2 N–H and O–H groups in total. The monoisotopic (exact) mass is 382 g/mol. The molecule has 6 heteroatoms.